The first-order valence-corrected chi connectivity index (χ1v) is 5.07. The fourth-order valence-corrected chi connectivity index (χ4v) is 1.87. The molecule has 0 spiro atoms. The molecule has 15 heavy (non-hydrogen) atoms. The van der Waals surface area contributed by atoms with E-state index in [1.165, 1.54) is 12.4 Å². The number of likely N-dealkylation sites (tertiary alicyclic amines) is 1. The maximum Gasteiger partial charge on any atom is 0.274 e. The molecular formula is C10H14N4O. The zero-order valence-corrected chi connectivity index (χ0v) is 8.68. The number of amides is 1. The molecular weight excluding hydrogens is 192 g/mol. The highest BCUT2D eigenvalue weighted by Gasteiger charge is 2.26. The maximum atomic E-state index is 12.0. The number of nitrogens with zero attached hydrogens (tertiary/aromatic N) is 3. The smallest absolute Gasteiger partial charge is 0.274 e. The molecule has 2 heterocycles. The molecule has 1 saturated heterocycles. The monoisotopic (exact) mass is 206 g/mol. The SMILES string of the molecule is CC1CCCN1C(=O)c1cncc(N)n1. The summed E-state index contributed by atoms with van der Waals surface area (Å²) in [7, 11) is 0. The number of hydrogen-bond acceptors (Lipinski definition) is 4. The van der Waals surface area contributed by atoms with Crippen LogP contribution in [0.25, 0.3) is 0 Å². The van der Waals surface area contributed by atoms with Crippen LogP contribution < -0.4 is 5.73 Å². The lowest BCUT2D eigenvalue weighted by molar-refractivity contribution is 0.0741. The van der Waals surface area contributed by atoms with Crippen molar-refractivity contribution in [2.75, 3.05) is 12.3 Å². The predicted octanol–water partition coefficient (Wildman–Crippen LogP) is 0.683. The molecule has 2 N–H and O–H groups in total. The van der Waals surface area contributed by atoms with Crippen LogP contribution in [0.2, 0.25) is 0 Å². The maximum absolute atomic E-state index is 12.0. The summed E-state index contributed by atoms with van der Waals surface area (Å²) in [4.78, 5) is 21.6. The number of nitrogens with two attached hydrogens (primary N) is 1. The zero-order chi connectivity index (χ0) is 10.8. The van der Waals surface area contributed by atoms with Gasteiger partial charge in [-0.15, -0.1) is 0 Å². The molecule has 1 aliphatic rings. The number of carbonyl (C=O) groups is 1. The van der Waals surface area contributed by atoms with Crippen LogP contribution >= 0.6 is 0 Å². The van der Waals surface area contributed by atoms with Crippen molar-refractivity contribution in [1.29, 1.82) is 0 Å². The van der Waals surface area contributed by atoms with Crippen molar-refractivity contribution >= 4 is 11.7 Å². The third-order valence-electron chi connectivity index (χ3n) is 2.69. The molecule has 1 atom stereocenters. The third kappa shape index (κ3) is 1.91. The number of hydrogen-bond donors (Lipinski definition) is 1. The van der Waals surface area contributed by atoms with Gasteiger partial charge >= 0.3 is 0 Å². The second-order valence-electron chi connectivity index (χ2n) is 3.82. The summed E-state index contributed by atoms with van der Waals surface area (Å²) in [5.41, 5.74) is 5.82. The van der Waals surface area contributed by atoms with Gasteiger partial charge < -0.3 is 10.6 Å². The Kier molecular flexibility index (Phi) is 2.53. The summed E-state index contributed by atoms with van der Waals surface area (Å²) in [5.74, 6) is 0.215. The molecule has 1 aromatic rings. The Morgan fingerprint density at radius 3 is 3.00 bits per heavy atom. The van der Waals surface area contributed by atoms with Crippen molar-refractivity contribution in [2.45, 2.75) is 25.8 Å². The second kappa shape index (κ2) is 3.84. The van der Waals surface area contributed by atoms with E-state index in [1.54, 1.807) is 0 Å². The predicted molar refractivity (Wildman–Crippen MR) is 56.2 cm³/mol. The summed E-state index contributed by atoms with van der Waals surface area (Å²) in [6.45, 7) is 2.85. The summed E-state index contributed by atoms with van der Waals surface area (Å²) in [6, 6.07) is 0.292. The Morgan fingerprint density at radius 2 is 2.40 bits per heavy atom. The van der Waals surface area contributed by atoms with E-state index in [-0.39, 0.29) is 11.7 Å². The molecule has 1 aromatic heterocycles. The minimum absolute atomic E-state index is 0.0696. The summed E-state index contributed by atoms with van der Waals surface area (Å²) in [5, 5.41) is 0. The van der Waals surface area contributed by atoms with Crippen LogP contribution in [0, 0.1) is 0 Å². The lowest BCUT2D eigenvalue weighted by Gasteiger charge is -2.20. The van der Waals surface area contributed by atoms with Gasteiger partial charge in [0.25, 0.3) is 5.91 Å². The second-order valence-corrected chi connectivity index (χ2v) is 3.82. The van der Waals surface area contributed by atoms with Crippen LogP contribution in [-0.4, -0.2) is 33.4 Å². The highest BCUT2D eigenvalue weighted by atomic mass is 16.2. The number of aromatic nitrogens is 2. The lowest BCUT2D eigenvalue weighted by atomic mass is 10.2. The van der Waals surface area contributed by atoms with Crippen molar-refractivity contribution in [2.24, 2.45) is 0 Å². The fourth-order valence-electron chi connectivity index (χ4n) is 1.87. The first kappa shape index (κ1) is 9.89. The van der Waals surface area contributed by atoms with E-state index in [0.29, 0.717) is 11.7 Å². The van der Waals surface area contributed by atoms with Crippen molar-refractivity contribution < 1.29 is 4.79 Å². The molecule has 0 saturated carbocycles. The van der Waals surface area contributed by atoms with Gasteiger partial charge in [-0.1, -0.05) is 0 Å². The molecule has 0 bridgehead atoms. The molecule has 1 amide bonds. The Labute approximate surface area is 88.3 Å². The van der Waals surface area contributed by atoms with Crippen molar-refractivity contribution in [3.05, 3.63) is 18.1 Å². The normalized spacial score (nSPS) is 20.6. The highest BCUT2D eigenvalue weighted by Crippen LogP contribution is 2.18. The average Bonchev–Trinajstić information content (AvgIpc) is 2.63. The largest absolute Gasteiger partial charge is 0.382 e. The van der Waals surface area contributed by atoms with Gasteiger partial charge in [0.2, 0.25) is 0 Å². The molecule has 5 nitrogen and oxygen atoms in total. The summed E-state index contributed by atoms with van der Waals surface area (Å²) < 4.78 is 0. The molecule has 0 radical (unpaired) electrons. The van der Waals surface area contributed by atoms with E-state index in [4.69, 9.17) is 5.73 Å². The molecule has 1 fully saturated rings. The van der Waals surface area contributed by atoms with Gasteiger partial charge in [-0.25, -0.2) is 4.98 Å². The van der Waals surface area contributed by atoms with E-state index >= 15 is 0 Å². The minimum atomic E-state index is -0.0696. The van der Waals surface area contributed by atoms with Crippen LogP contribution in [0.5, 0.6) is 0 Å². The van der Waals surface area contributed by atoms with Crippen molar-refractivity contribution in [3.8, 4) is 0 Å². The van der Waals surface area contributed by atoms with Crippen LogP contribution in [0.4, 0.5) is 5.82 Å². The summed E-state index contributed by atoms with van der Waals surface area (Å²) in [6.07, 6.45) is 5.01. The third-order valence-corrected chi connectivity index (χ3v) is 2.69. The molecule has 80 valence electrons. The van der Waals surface area contributed by atoms with Gasteiger partial charge in [0.1, 0.15) is 11.5 Å². The fraction of sp³-hybridized carbons (Fsp3) is 0.500. The Morgan fingerprint density at radius 1 is 1.60 bits per heavy atom. The van der Waals surface area contributed by atoms with Crippen LogP contribution in [0.15, 0.2) is 12.4 Å². The van der Waals surface area contributed by atoms with Gasteiger partial charge in [-0.3, -0.25) is 9.78 Å². The number of nitrogen functional groups attached to an aromatic ring is 1. The van der Waals surface area contributed by atoms with E-state index in [9.17, 15) is 4.79 Å². The molecule has 1 unspecified atom stereocenters. The standard InChI is InChI=1S/C10H14N4O/c1-7-3-2-4-14(7)10(15)8-5-12-6-9(11)13-8/h5-7H,2-4H2,1H3,(H2,11,13). The molecule has 0 aliphatic carbocycles. The number of carbonyl (C=O) groups excluding carboxylic acids is 1. The summed E-state index contributed by atoms with van der Waals surface area (Å²) >= 11 is 0. The lowest BCUT2D eigenvalue weighted by Crippen LogP contribution is -2.34. The van der Waals surface area contributed by atoms with Gasteiger partial charge in [-0.05, 0) is 19.8 Å². The van der Waals surface area contributed by atoms with Crippen molar-refractivity contribution in [3.63, 3.8) is 0 Å². The Balaban J connectivity index is 2.20. The van der Waals surface area contributed by atoms with Crippen molar-refractivity contribution in [1.82, 2.24) is 14.9 Å². The minimum Gasteiger partial charge on any atom is -0.382 e. The topological polar surface area (TPSA) is 72.1 Å². The zero-order valence-electron chi connectivity index (χ0n) is 8.68. The first-order valence-electron chi connectivity index (χ1n) is 5.07. The number of anilines is 1. The Hall–Kier alpha value is -1.65. The van der Waals surface area contributed by atoms with Crippen LogP contribution in [0.3, 0.4) is 0 Å². The van der Waals surface area contributed by atoms with Crippen LogP contribution in [-0.2, 0) is 0 Å². The van der Waals surface area contributed by atoms with E-state index in [2.05, 4.69) is 9.97 Å². The van der Waals surface area contributed by atoms with Crippen LogP contribution in [0.1, 0.15) is 30.3 Å². The van der Waals surface area contributed by atoms with Gasteiger partial charge in [0, 0.05) is 12.6 Å². The number of rotatable bonds is 1. The molecule has 5 heteroatoms. The Bertz CT molecular complexity index is 379. The van der Waals surface area contributed by atoms with E-state index < -0.39 is 0 Å². The first-order chi connectivity index (χ1) is 7.18. The average molecular weight is 206 g/mol. The molecule has 2 rings (SSSR count). The molecule has 1 aliphatic heterocycles. The van der Waals surface area contributed by atoms with Gasteiger partial charge in [-0.2, -0.15) is 0 Å². The van der Waals surface area contributed by atoms with E-state index in [0.717, 1.165) is 19.4 Å². The van der Waals surface area contributed by atoms with Gasteiger partial charge in [0.05, 0.1) is 12.4 Å². The quantitative estimate of drug-likeness (QED) is 0.733. The van der Waals surface area contributed by atoms with Gasteiger partial charge in [0.15, 0.2) is 0 Å². The molecule has 0 aromatic carbocycles. The van der Waals surface area contributed by atoms with E-state index in [1.807, 2.05) is 11.8 Å². The highest BCUT2D eigenvalue weighted by molar-refractivity contribution is 5.92.